The number of piperidine rings is 1. The highest BCUT2D eigenvalue weighted by Crippen LogP contribution is 2.31. The molecule has 0 aromatic heterocycles. The van der Waals surface area contributed by atoms with Crippen molar-refractivity contribution in [1.82, 2.24) is 15.1 Å². The van der Waals surface area contributed by atoms with Crippen molar-refractivity contribution in [3.05, 3.63) is 77.6 Å². The zero-order valence-electron chi connectivity index (χ0n) is 19.4. The summed E-state index contributed by atoms with van der Waals surface area (Å²) in [6.45, 7) is 12.9. The average molecular weight is 430 g/mol. The van der Waals surface area contributed by atoms with Gasteiger partial charge in [-0.3, -0.25) is 4.90 Å². The molecule has 1 unspecified atom stereocenters. The van der Waals surface area contributed by atoms with Crippen LogP contribution in [0.25, 0.3) is 0 Å². The number of likely N-dealkylation sites (tertiary alicyclic amines) is 1. The fraction of sp³-hybridized carbons (Fsp3) is 0.444. The fourth-order valence-corrected chi connectivity index (χ4v) is 4.93. The number of benzene rings is 2. The minimum absolute atomic E-state index is 0.518. The Bertz CT molecular complexity index is 953. The van der Waals surface area contributed by atoms with Gasteiger partial charge in [0.05, 0.1) is 11.6 Å². The van der Waals surface area contributed by atoms with Gasteiger partial charge in [-0.2, -0.15) is 5.26 Å². The summed E-state index contributed by atoms with van der Waals surface area (Å²) in [6.07, 6.45) is 2.17. The van der Waals surface area contributed by atoms with Gasteiger partial charge in [0.25, 0.3) is 0 Å². The van der Waals surface area contributed by atoms with Gasteiger partial charge in [-0.05, 0) is 61.1 Å². The highest BCUT2D eigenvalue weighted by Gasteiger charge is 2.23. The van der Waals surface area contributed by atoms with Crippen LogP contribution >= 0.6 is 0 Å². The molecule has 0 saturated carbocycles. The van der Waals surface area contributed by atoms with E-state index in [-0.39, 0.29) is 0 Å². The molecule has 2 heterocycles. The number of nitriles is 1. The number of hydrogen-bond donors (Lipinski definition) is 1. The molecule has 2 aliphatic rings. The Hall–Kier alpha value is -2.81. The van der Waals surface area contributed by atoms with Gasteiger partial charge in [-0.15, -0.1) is 0 Å². The van der Waals surface area contributed by atoms with Crippen molar-refractivity contribution in [2.24, 2.45) is 0 Å². The Morgan fingerprint density at radius 3 is 2.59 bits per heavy atom. The van der Waals surface area contributed by atoms with Gasteiger partial charge < -0.3 is 15.1 Å². The Morgan fingerprint density at radius 1 is 1.16 bits per heavy atom. The van der Waals surface area contributed by atoms with E-state index in [0.29, 0.717) is 12.0 Å². The zero-order chi connectivity index (χ0) is 22.5. The normalized spacial score (nSPS) is 20.0. The van der Waals surface area contributed by atoms with Crippen molar-refractivity contribution < 1.29 is 0 Å². The molecule has 2 aliphatic heterocycles. The lowest BCUT2D eigenvalue weighted by molar-refractivity contribution is 0.199. The summed E-state index contributed by atoms with van der Waals surface area (Å²) in [5, 5.41) is 12.7. The van der Waals surface area contributed by atoms with Crippen molar-refractivity contribution in [3.8, 4) is 6.07 Å². The second-order valence-corrected chi connectivity index (χ2v) is 9.23. The van der Waals surface area contributed by atoms with E-state index in [1.807, 2.05) is 18.2 Å². The van der Waals surface area contributed by atoms with Crippen LogP contribution in [0.2, 0.25) is 0 Å². The van der Waals surface area contributed by atoms with E-state index in [1.165, 1.54) is 16.8 Å². The van der Waals surface area contributed by atoms with Crippen LogP contribution in [-0.4, -0.2) is 55.6 Å². The number of anilines is 1. The molecule has 4 rings (SSSR count). The smallest absolute Gasteiger partial charge is 0.101 e. The number of hydrogen-bond acceptors (Lipinski definition) is 5. The van der Waals surface area contributed by atoms with E-state index in [1.54, 1.807) is 0 Å². The Kier molecular flexibility index (Phi) is 7.14. The molecule has 2 saturated heterocycles. The molecule has 0 bridgehead atoms. The van der Waals surface area contributed by atoms with Crippen molar-refractivity contribution in [2.75, 3.05) is 44.7 Å². The Morgan fingerprint density at radius 2 is 1.91 bits per heavy atom. The topological polar surface area (TPSA) is 45.5 Å². The molecule has 0 radical (unpaired) electrons. The fourth-order valence-electron chi connectivity index (χ4n) is 4.93. The second-order valence-electron chi connectivity index (χ2n) is 9.23. The van der Waals surface area contributed by atoms with Crippen LogP contribution in [-0.2, 0) is 6.54 Å². The third-order valence-corrected chi connectivity index (χ3v) is 6.92. The van der Waals surface area contributed by atoms with Crippen LogP contribution in [0.3, 0.4) is 0 Å². The largest absolute Gasteiger partial charge is 0.358 e. The zero-order valence-corrected chi connectivity index (χ0v) is 19.4. The van der Waals surface area contributed by atoms with E-state index in [4.69, 9.17) is 0 Å². The van der Waals surface area contributed by atoms with Gasteiger partial charge in [0, 0.05) is 58.0 Å². The Balaban J connectivity index is 1.31. The second kappa shape index (κ2) is 10.2. The summed E-state index contributed by atoms with van der Waals surface area (Å²) in [5.41, 5.74) is 4.58. The van der Waals surface area contributed by atoms with Gasteiger partial charge in [0.15, 0.2) is 0 Å². The molecule has 2 aromatic carbocycles. The van der Waals surface area contributed by atoms with Crippen LogP contribution in [0.15, 0.2) is 60.9 Å². The van der Waals surface area contributed by atoms with Crippen LogP contribution in [0.5, 0.6) is 0 Å². The standard InChI is InChI=1S/C27H35N5/c1-21-19-31(16-13-29-21)20-23-7-9-27(10-8-23)30(3)22(2)32-14-11-25(12-15-32)26-6-4-5-24(17-26)18-28/h4-10,17,21,25,29H,2,11-16,19-20H2,1,3H3. The third kappa shape index (κ3) is 5.32. The summed E-state index contributed by atoms with van der Waals surface area (Å²) >= 11 is 0. The quantitative estimate of drug-likeness (QED) is 0.748. The lowest BCUT2D eigenvalue weighted by Gasteiger charge is -2.38. The number of rotatable bonds is 6. The first-order valence-corrected chi connectivity index (χ1v) is 11.8. The van der Waals surface area contributed by atoms with Gasteiger partial charge in [0.1, 0.15) is 5.82 Å². The van der Waals surface area contributed by atoms with Gasteiger partial charge in [-0.1, -0.05) is 30.8 Å². The molecular weight excluding hydrogens is 394 g/mol. The SMILES string of the molecule is C=C(N1CCC(c2cccc(C#N)c2)CC1)N(C)c1ccc(CN2CCNC(C)C2)cc1. The van der Waals surface area contributed by atoms with E-state index in [0.717, 1.165) is 63.5 Å². The highest BCUT2D eigenvalue weighted by molar-refractivity contribution is 5.51. The molecule has 1 atom stereocenters. The molecule has 0 amide bonds. The molecule has 0 spiro atoms. The van der Waals surface area contributed by atoms with E-state index in [9.17, 15) is 5.26 Å². The highest BCUT2D eigenvalue weighted by atomic mass is 15.3. The van der Waals surface area contributed by atoms with Crippen LogP contribution in [0, 0.1) is 11.3 Å². The number of piperazine rings is 1. The van der Waals surface area contributed by atoms with Gasteiger partial charge in [0.2, 0.25) is 0 Å². The van der Waals surface area contributed by atoms with Crippen molar-refractivity contribution >= 4 is 5.69 Å². The Labute approximate surface area is 192 Å². The van der Waals surface area contributed by atoms with Crippen LogP contribution < -0.4 is 10.2 Å². The first-order valence-electron chi connectivity index (χ1n) is 11.8. The summed E-state index contributed by atoms with van der Waals surface area (Å²) in [4.78, 5) is 7.11. The molecule has 32 heavy (non-hydrogen) atoms. The monoisotopic (exact) mass is 429 g/mol. The van der Waals surface area contributed by atoms with E-state index in [2.05, 4.69) is 77.0 Å². The van der Waals surface area contributed by atoms with E-state index >= 15 is 0 Å². The number of nitrogens with zero attached hydrogens (tertiary/aromatic N) is 4. The minimum Gasteiger partial charge on any atom is -0.358 e. The molecule has 1 N–H and O–H groups in total. The predicted octanol–water partition coefficient (Wildman–Crippen LogP) is 4.14. The van der Waals surface area contributed by atoms with Crippen molar-refractivity contribution in [1.29, 1.82) is 5.26 Å². The van der Waals surface area contributed by atoms with Crippen molar-refractivity contribution in [3.63, 3.8) is 0 Å². The number of nitrogens with one attached hydrogen (secondary N) is 1. The minimum atomic E-state index is 0.518. The van der Waals surface area contributed by atoms with Gasteiger partial charge in [-0.25, -0.2) is 0 Å². The first kappa shape index (κ1) is 22.4. The average Bonchev–Trinajstić information content (AvgIpc) is 2.84. The van der Waals surface area contributed by atoms with E-state index < -0.39 is 0 Å². The first-order chi connectivity index (χ1) is 15.5. The maximum Gasteiger partial charge on any atom is 0.101 e. The lowest BCUT2D eigenvalue weighted by atomic mass is 9.88. The summed E-state index contributed by atoms with van der Waals surface area (Å²) in [6, 6.07) is 19.8. The maximum absolute atomic E-state index is 9.17. The molecule has 2 aromatic rings. The molecule has 0 aliphatic carbocycles. The van der Waals surface area contributed by atoms with Crippen LogP contribution in [0.4, 0.5) is 5.69 Å². The molecule has 5 heteroatoms. The summed E-state index contributed by atoms with van der Waals surface area (Å²) in [7, 11) is 2.11. The maximum atomic E-state index is 9.17. The predicted molar refractivity (Wildman–Crippen MR) is 131 cm³/mol. The van der Waals surface area contributed by atoms with Crippen molar-refractivity contribution in [2.45, 2.75) is 38.3 Å². The molecule has 168 valence electrons. The third-order valence-electron chi connectivity index (χ3n) is 6.92. The van der Waals surface area contributed by atoms with Gasteiger partial charge >= 0.3 is 0 Å². The lowest BCUT2D eigenvalue weighted by Crippen LogP contribution is -2.48. The van der Waals surface area contributed by atoms with Crippen LogP contribution in [0.1, 0.15) is 42.4 Å². The molecule has 2 fully saturated rings. The molecule has 5 nitrogen and oxygen atoms in total. The molecular formula is C27H35N5. The summed E-state index contributed by atoms with van der Waals surface area (Å²) in [5.74, 6) is 1.57. The summed E-state index contributed by atoms with van der Waals surface area (Å²) < 4.78 is 0.